The number of aryl methyl sites for hydroxylation is 2. The number of phenols is 1. The SMILES string of the molecule is Cc1cc(C=C2SC(=Nc3ccccc3)N(c3ccccc3)C2=O)cc(C)c1O. The van der Waals surface area contributed by atoms with Crippen LogP contribution in [0.3, 0.4) is 0 Å². The molecule has 3 aromatic rings. The van der Waals surface area contributed by atoms with Crippen molar-refractivity contribution in [3.8, 4) is 5.75 Å². The molecule has 5 heteroatoms. The molecular weight excluding hydrogens is 380 g/mol. The fourth-order valence-electron chi connectivity index (χ4n) is 3.19. The largest absolute Gasteiger partial charge is 0.507 e. The Bertz CT molecular complexity index is 1100. The lowest BCUT2D eigenvalue weighted by atomic mass is 10.1. The number of aromatic hydroxyl groups is 1. The number of rotatable bonds is 3. The molecule has 1 fully saturated rings. The van der Waals surface area contributed by atoms with E-state index in [9.17, 15) is 9.90 Å². The van der Waals surface area contributed by atoms with E-state index in [1.807, 2.05) is 92.7 Å². The van der Waals surface area contributed by atoms with Crippen molar-refractivity contribution in [1.29, 1.82) is 0 Å². The second-order valence-corrected chi connectivity index (χ2v) is 7.83. The summed E-state index contributed by atoms with van der Waals surface area (Å²) in [5.41, 5.74) is 4.01. The van der Waals surface area contributed by atoms with Crippen LogP contribution in [0.4, 0.5) is 11.4 Å². The van der Waals surface area contributed by atoms with Gasteiger partial charge < -0.3 is 5.11 Å². The van der Waals surface area contributed by atoms with Crippen molar-refractivity contribution in [3.63, 3.8) is 0 Å². The molecule has 1 amide bonds. The molecule has 3 aromatic carbocycles. The molecule has 0 unspecified atom stereocenters. The molecule has 1 aliphatic rings. The Labute approximate surface area is 174 Å². The monoisotopic (exact) mass is 400 g/mol. The molecule has 29 heavy (non-hydrogen) atoms. The minimum atomic E-state index is -0.112. The number of para-hydroxylation sites is 2. The summed E-state index contributed by atoms with van der Waals surface area (Å²) in [5, 5.41) is 10.6. The molecule has 0 bridgehead atoms. The van der Waals surface area contributed by atoms with Gasteiger partial charge in [-0.1, -0.05) is 36.4 Å². The predicted molar refractivity (Wildman–Crippen MR) is 121 cm³/mol. The van der Waals surface area contributed by atoms with E-state index in [1.165, 1.54) is 11.8 Å². The minimum absolute atomic E-state index is 0.112. The van der Waals surface area contributed by atoms with Crippen molar-refractivity contribution in [1.82, 2.24) is 0 Å². The highest BCUT2D eigenvalue weighted by molar-refractivity contribution is 8.19. The maximum absolute atomic E-state index is 13.3. The van der Waals surface area contributed by atoms with Gasteiger partial charge in [-0.2, -0.15) is 0 Å². The van der Waals surface area contributed by atoms with Crippen LogP contribution in [-0.2, 0) is 4.79 Å². The molecule has 1 saturated heterocycles. The summed E-state index contributed by atoms with van der Waals surface area (Å²) in [7, 11) is 0. The van der Waals surface area contributed by atoms with Gasteiger partial charge >= 0.3 is 0 Å². The van der Waals surface area contributed by atoms with Gasteiger partial charge in [0.15, 0.2) is 5.17 Å². The molecule has 0 aromatic heterocycles. The molecule has 0 atom stereocenters. The smallest absolute Gasteiger partial charge is 0.271 e. The first-order valence-electron chi connectivity index (χ1n) is 9.26. The van der Waals surface area contributed by atoms with Crippen molar-refractivity contribution in [2.75, 3.05) is 4.90 Å². The molecule has 144 valence electrons. The number of amidine groups is 1. The first-order chi connectivity index (χ1) is 14.0. The lowest BCUT2D eigenvalue weighted by molar-refractivity contribution is -0.113. The van der Waals surface area contributed by atoms with Crippen molar-refractivity contribution in [3.05, 3.63) is 94.4 Å². The number of hydrogen-bond acceptors (Lipinski definition) is 4. The Morgan fingerprint density at radius 3 is 2.14 bits per heavy atom. The van der Waals surface area contributed by atoms with E-state index in [2.05, 4.69) is 0 Å². The Kier molecular flexibility index (Phi) is 5.23. The summed E-state index contributed by atoms with van der Waals surface area (Å²) in [5.74, 6) is 0.175. The van der Waals surface area contributed by atoms with Gasteiger partial charge in [0.1, 0.15) is 5.75 Å². The van der Waals surface area contributed by atoms with Crippen molar-refractivity contribution in [2.45, 2.75) is 13.8 Å². The Morgan fingerprint density at radius 1 is 0.931 bits per heavy atom. The van der Waals surface area contributed by atoms with E-state index in [0.29, 0.717) is 10.1 Å². The summed E-state index contributed by atoms with van der Waals surface area (Å²) < 4.78 is 0. The predicted octanol–water partition coefficient (Wildman–Crippen LogP) is 5.82. The zero-order valence-electron chi connectivity index (χ0n) is 16.2. The molecule has 4 rings (SSSR count). The van der Waals surface area contributed by atoms with E-state index in [-0.39, 0.29) is 11.7 Å². The van der Waals surface area contributed by atoms with E-state index >= 15 is 0 Å². The van der Waals surface area contributed by atoms with Crippen molar-refractivity contribution < 1.29 is 9.90 Å². The standard InChI is InChI=1S/C24H20N2O2S/c1-16-13-18(14-17(2)22(16)27)15-21-23(28)26(20-11-7-4-8-12-20)24(29-21)25-19-9-5-3-6-10-19/h3-15,27H,1-2H3. The fourth-order valence-corrected chi connectivity index (χ4v) is 4.19. The van der Waals surface area contributed by atoms with Crippen molar-refractivity contribution in [2.24, 2.45) is 4.99 Å². The molecule has 1 heterocycles. The van der Waals surface area contributed by atoms with Crippen LogP contribution in [-0.4, -0.2) is 16.2 Å². The highest BCUT2D eigenvalue weighted by Gasteiger charge is 2.34. The lowest BCUT2D eigenvalue weighted by Crippen LogP contribution is -2.28. The van der Waals surface area contributed by atoms with Crippen LogP contribution in [0.25, 0.3) is 6.08 Å². The lowest BCUT2D eigenvalue weighted by Gasteiger charge is -2.15. The van der Waals surface area contributed by atoms with Crippen LogP contribution >= 0.6 is 11.8 Å². The molecule has 1 N–H and O–H groups in total. The third kappa shape index (κ3) is 3.96. The average molecular weight is 401 g/mol. The number of carbonyl (C=O) groups is 1. The third-order valence-electron chi connectivity index (χ3n) is 4.61. The topological polar surface area (TPSA) is 52.9 Å². The Hall–Kier alpha value is -3.31. The van der Waals surface area contributed by atoms with E-state index < -0.39 is 0 Å². The van der Waals surface area contributed by atoms with Crippen LogP contribution in [0.5, 0.6) is 5.75 Å². The second-order valence-electron chi connectivity index (χ2n) is 6.82. The van der Waals surface area contributed by atoms with Gasteiger partial charge in [0, 0.05) is 0 Å². The van der Waals surface area contributed by atoms with Crippen LogP contribution in [0.15, 0.2) is 82.7 Å². The molecule has 0 spiro atoms. The number of anilines is 1. The quantitative estimate of drug-likeness (QED) is 0.564. The van der Waals surface area contributed by atoms with Gasteiger partial charge in [-0.3, -0.25) is 9.69 Å². The summed E-state index contributed by atoms with van der Waals surface area (Å²) in [6.07, 6.45) is 1.86. The molecule has 0 saturated carbocycles. The third-order valence-corrected chi connectivity index (χ3v) is 5.58. The average Bonchev–Trinajstić information content (AvgIpc) is 3.02. The maximum Gasteiger partial charge on any atom is 0.271 e. The number of benzene rings is 3. The summed E-state index contributed by atoms with van der Waals surface area (Å²) in [6, 6.07) is 22.9. The fraction of sp³-hybridized carbons (Fsp3) is 0.0833. The summed E-state index contributed by atoms with van der Waals surface area (Å²) in [4.78, 5) is 20.2. The molecule has 0 aliphatic carbocycles. The van der Waals surface area contributed by atoms with Gasteiger partial charge in [-0.25, -0.2) is 4.99 Å². The summed E-state index contributed by atoms with van der Waals surface area (Å²) >= 11 is 1.35. The molecule has 4 nitrogen and oxygen atoms in total. The van der Waals surface area contributed by atoms with Crippen molar-refractivity contribution >= 4 is 40.3 Å². The number of nitrogens with zero attached hydrogens (tertiary/aromatic N) is 2. The highest BCUT2D eigenvalue weighted by Crippen LogP contribution is 2.37. The second kappa shape index (κ2) is 7.97. The summed E-state index contributed by atoms with van der Waals surface area (Å²) in [6.45, 7) is 3.71. The van der Waals surface area contributed by atoms with Crippen LogP contribution in [0.1, 0.15) is 16.7 Å². The number of thioether (sulfide) groups is 1. The number of carbonyl (C=O) groups excluding carboxylic acids is 1. The zero-order chi connectivity index (χ0) is 20.4. The van der Waals surface area contributed by atoms with Gasteiger partial charge in [-0.05, 0) is 84.8 Å². The Morgan fingerprint density at radius 2 is 1.52 bits per heavy atom. The van der Waals surface area contributed by atoms with Crippen LogP contribution < -0.4 is 4.90 Å². The number of hydrogen-bond donors (Lipinski definition) is 1. The van der Waals surface area contributed by atoms with Gasteiger partial charge in [0.05, 0.1) is 16.3 Å². The van der Waals surface area contributed by atoms with E-state index in [4.69, 9.17) is 4.99 Å². The van der Waals surface area contributed by atoms with Gasteiger partial charge in [-0.15, -0.1) is 0 Å². The normalized spacial score (nSPS) is 16.8. The number of aliphatic imine (C=N–C) groups is 1. The van der Waals surface area contributed by atoms with Gasteiger partial charge in [0.2, 0.25) is 0 Å². The highest BCUT2D eigenvalue weighted by atomic mass is 32.2. The molecular formula is C24H20N2O2S. The first-order valence-corrected chi connectivity index (χ1v) is 10.1. The maximum atomic E-state index is 13.3. The molecule has 1 aliphatic heterocycles. The van der Waals surface area contributed by atoms with Gasteiger partial charge in [0.25, 0.3) is 5.91 Å². The first kappa shape index (κ1) is 19.0. The molecule has 0 radical (unpaired) electrons. The zero-order valence-corrected chi connectivity index (χ0v) is 17.0. The van der Waals surface area contributed by atoms with E-state index in [0.717, 1.165) is 28.1 Å². The Balaban J connectivity index is 1.78. The number of phenolic OH excluding ortho intramolecular Hbond substituents is 1. The number of amides is 1. The minimum Gasteiger partial charge on any atom is -0.507 e. The van der Waals surface area contributed by atoms with Crippen LogP contribution in [0.2, 0.25) is 0 Å². The van der Waals surface area contributed by atoms with E-state index in [1.54, 1.807) is 4.90 Å². The van der Waals surface area contributed by atoms with Crippen LogP contribution in [0, 0.1) is 13.8 Å².